The number of nitro groups is 1. The van der Waals surface area contributed by atoms with Crippen LogP contribution >= 0.6 is 0 Å². The number of carboxylic acids is 1. The van der Waals surface area contributed by atoms with E-state index in [4.69, 9.17) is 9.84 Å². The van der Waals surface area contributed by atoms with Gasteiger partial charge in [-0.2, -0.15) is 0 Å². The first-order chi connectivity index (χ1) is 13.3. The molecule has 4 rings (SSSR count). The number of hydrogen-bond acceptors (Lipinski definition) is 7. The third-order valence-electron chi connectivity index (χ3n) is 5.17. The van der Waals surface area contributed by atoms with Gasteiger partial charge >= 0.3 is 17.8 Å². The Bertz CT molecular complexity index is 878. The third kappa shape index (κ3) is 3.50. The third-order valence-corrected chi connectivity index (χ3v) is 5.17. The maximum atomic E-state index is 11.0. The number of nitrogens with zero attached hydrogens (tertiary/aromatic N) is 5. The highest BCUT2D eigenvalue weighted by Gasteiger charge is 2.41. The first-order valence-electron chi connectivity index (χ1n) is 9.04. The molecule has 0 bridgehead atoms. The fourth-order valence-electron chi connectivity index (χ4n) is 3.82. The van der Waals surface area contributed by atoms with Crippen molar-refractivity contribution in [1.82, 2.24) is 14.5 Å². The molecule has 10 heteroatoms. The number of benzene rings is 1. The van der Waals surface area contributed by atoms with Crippen molar-refractivity contribution in [2.75, 3.05) is 37.6 Å². The minimum absolute atomic E-state index is 0.195. The molecule has 1 saturated heterocycles. The van der Waals surface area contributed by atoms with E-state index in [0.717, 1.165) is 31.9 Å². The fourth-order valence-corrected chi connectivity index (χ4v) is 3.82. The number of hydrogen-bond donors (Lipinski definition) is 1. The number of piperazine rings is 1. The number of aromatic carboxylic acids is 1. The number of fused-ring (bicyclic) bond motifs is 1. The van der Waals surface area contributed by atoms with Crippen LogP contribution in [0.3, 0.4) is 0 Å². The van der Waals surface area contributed by atoms with Gasteiger partial charge in [-0.3, -0.25) is 9.47 Å². The summed E-state index contributed by atoms with van der Waals surface area (Å²) < 4.78 is 7.60. The zero-order valence-corrected chi connectivity index (χ0v) is 15.4. The van der Waals surface area contributed by atoms with Gasteiger partial charge in [-0.25, -0.2) is 4.79 Å². The molecule has 2 aliphatic heterocycles. The molecule has 2 aliphatic rings. The van der Waals surface area contributed by atoms with Crippen LogP contribution in [-0.4, -0.2) is 68.8 Å². The Labute approximate surface area is 161 Å². The van der Waals surface area contributed by atoms with Gasteiger partial charge in [0.05, 0.1) is 12.1 Å². The van der Waals surface area contributed by atoms with E-state index in [1.807, 2.05) is 19.1 Å². The Kier molecular flexibility index (Phi) is 4.42. The van der Waals surface area contributed by atoms with Gasteiger partial charge < -0.3 is 24.9 Å². The predicted octanol–water partition coefficient (Wildman–Crippen LogP) is 1.46. The normalized spacial score (nSPS) is 22.0. The topological polar surface area (TPSA) is 114 Å². The lowest BCUT2D eigenvalue weighted by molar-refractivity contribution is -0.389. The van der Waals surface area contributed by atoms with E-state index in [0.29, 0.717) is 19.1 Å². The molecule has 0 amide bonds. The summed E-state index contributed by atoms with van der Waals surface area (Å²) in [6, 6.07) is 7.22. The SMILES string of the molecule is CC1(CN2CCN(c3ccc(C(=O)O)cc3)CC2)Cn2cc([N+](=O)[O-])nc2O1. The van der Waals surface area contributed by atoms with Crippen LogP contribution < -0.4 is 9.64 Å². The van der Waals surface area contributed by atoms with Gasteiger partial charge in [0, 0.05) is 43.4 Å². The zero-order valence-electron chi connectivity index (χ0n) is 15.4. The van der Waals surface area contributed by atoms with Crippen LogP contribution in [0.15, 0.2) is 30.5 Å². The second-order valence-electron chi connectivity index (χ2n) is 7.43. The average molecular weight is 387 g/mol. The van der Waals surface area contributed by atoms with Crippen LogP contribution in [0.25, 0.3) is 0 Å². The number of carbonyl (C=O) groups is 1. The second-order valence-corrected chi connectivity index (χ2v) is 7.43. The summed E-state index contributed by atoms with van der Waals surface area (Å²) in [4.78, 5) is 29.7. The van der Waals surface area contributed by atoms with Crippen LogP contribution in [-0.2, 0) is 6.54 Å². The summed E-state index contributed by atoms with van der Waals surface area (Å²) >= 11 is 0. The summed E-state index contributed by atoms with van der Waals surface area (Å²) in [6.07, 6.45) is 1.42. The Hall–Kier alpha value is -3.14. The van der Waals surface area contributed by atoms with Crippen LogP contribution in [0, 0.1) is 10.1 Å². The Balaban J connectivity index is 1.32. The molecule has 10 nitrogen and oxygen atoms in total. The highest BCUT2D eigenvalue weighted by atomic mass is 16.6. The molecule has 0 aliphatic carbocycles. The first kappa shape index (κ1) is 18.2. The number of aromatic nitrogens is 2. The van der Waals surface area contributed by atoms with E-state index in [9.17, 15) is 14.9 Å². The molecule has 2 aromatic rings. The van der Waals surface area contributed by atoms with E-state index in [2.05, 4.69) is 14.8 Å². The molecule has 0 saturated carbocycles. The summed E-state index contributed by atoms with van der Waals surface area (Å²) in [5.74, 6) is -1.12. The van der Waals surface area contributed by atoms with Gasteiger partial charge in [0.15, 0.2) is 0 Å². The van der Waals surface area contributed by atoms with Gasteiger partial charge in [0.2, 0.25) is 0 Å². The highest BCUT2D eigenvalue weighted by Crippen LogP contribution is 2.31. The van der Waals surface area contributed by atoms with Crippen LogP contribution in [0.1, 0.15) is 17.3 Å². The molecule has 0 radical (unpaired) electrons. The Morgan fingerprint density at radius 3 is 2.54 bits per heavy atom. The number of rotatable bonds is 5. The Morgan fingerprint density at radius 2 is 1.96 bits per heavy atom. The van der Waals surface area contributed by atoms with E-state index in [-0.39, 0.29) is 11.4 Å². The van der Waals surface area contributed by atoms with E-state index >= 15 is 0 Å². The van der Waals surface area contributed by atoms with Crippen molar-refractivity contribution in [2.24, 2.45) is 0 Å². The standard InChI is InChI=1S/C18H21N5O5/c1-18(12-22-10-15(23(26)27)19-17(22)28-18)11-20-6-8-21(9-7-20)14-4-2-13(3-5-14)16(24)25/h2-5,10H,6-9,11-12H2,1H3,(H,24,25). The molecule has 148 valence electrons. The molecule has 1 fully saturated rings. The lowest BCUT2D eigenvalue weighted by Gasteiger charge is -2.39. The maximum Gasteiger partial charge on any atom is 0.415 e. The first-order valence-corrected chi connectivity index (χ1v) is 9.04. The van der Waals surface area contributed by atoms with Crippen molar-refractivity contribution < 1.29 is 19.6 Å². The lowest BCUT2D eigenvalue weighted by atomic mass is 10.1. The summed E-state index contributed by atoms with van der Waals surface area (Å²) in [5, 5.41) is 19.8. The largest absolute Gasteiger partial charge is 0.478 e. The second kappa shape index (κ2) is 6.79. The van der Waals surface area contributed by atoms with Gasteiger partial charge in [0.1, 0.15) is 11.8 Å². The molecule has 1 aromatic heterocycles. The molecular weight excluding hydrogens is 366 g/mol. The average Bonchev–Trinajstić information content (AvgIpc) is 3.17. The number of ether oxygens (including phenoxy) is 1. The van der Waals surface area contributed by atoms with Crippen molar-refractivity contribution >= 4 is 17.5 Å². The molecule has 1 unspecified atom stereocenters. The summed E-state index contributed by atoms with van der Waals surface area (Å²) in [5.41, 5.74) is 0.829. The quantitative estimate of drug-likeness (QED) is 0.606. The van der Waals surface area contributed by atoms with Gasteiger partial charge in [-0.1, -0.05) is 0 Å². The summed E-state index contributed by atoms with van der Waals surface area (Å²) in [6.45, 7) is 6.59. The van der Waals surface area contributed by atoms with Crippen LogP contribution in [0.5, 0.6) is 6.01 Å². The number of imidazole rings is 1. The molecule has 0 spiro atoms. The van der Waals surface area contributed by atoms with Gasteiger partial charge in [0.25, 0.3) is 0 Å². The number of anilines is 1. The van der Waals surface area contributed by atoms with Gasteiger partial charge in [-0.15, -0.1) is 0 Å². The van der Waals surface area contributed by atoms with Crippen LogP contribution in [0.2, 0.25) is 0 Å². The van der Waals surface area contributed by atoms with Crippen LogP contribution in [0.4, 0.5) is 11.5 Å². The van der Waals surface area contributed by atoms with E-state index in [1.165, 1.54) is 6.20 Å². The van der Waals surface area contributed by atoms with Crippen molar-refractivity contribution in [1.29, 1.82) is 0 Å². The zero-order chi connectivity index (χ0) is 19.9. The minimum Gasteiger partial charge on any atom is -0.478 e. The molecular formula is C18H21N5O5. The van der Waals surface area contributed by atoms with Crippen molar-refractivity contribution in [2.45, 2.75) is 19.1 Å². The smallest absolute Gasteiger partial charge is 0.415 e. The van der Waals surface area contributed by atoms with Crippen molar-refractivity contribution in [3.05, 3.63) is 46.1 Å². The van der Waals surface area contributed by atoms with Crippen molar-refractivity contribution in [3.63, 3.8) is 0 Å². The molecule has 28 heavy (non-hydrogen) atoms. The highest BCUT2D eigenvalue weighted by molar-refractivity contribution is 5.88. The summed E-state index contributed by atoms with van der Waals surface area (Å²) in [7, 11) is 0. The fraction of sp³-hybridized carbons (Fsp3) is 0.444. The number of carboxylic acid groups (broad SMARTS) is 1. The van der Waals surface area contributed by atoms with E-state index < -0.39 is 16.5 Å². The molecule has 1 N–H and O–H groups in total. The van der Waals surface area contributed by atoms with Gasteiger partial charge in [-0.05, 0) is 36.1 Å². The van der Waals surface area contributed by atoms with E-state index in [1.54, 1.807) is 16.7 Å². The molecule has 1 atom stereocenters. The Morgan fingerprint density at radius 1 is 1.29 bits per heavy atom. The molecule has 3 heterocycles. The molecule has 1 aromatic carbocycles. The predicted molar refractivity (Wildman–Crippen MR) is 100.0 cm³/mol. The monoisotopic (exact) mass is 387 g/mol. The van der Waals surface area contributed by atoms with Crippen molar-refractivity contribution in [3.8, 4) is 6.01 Å². The minimum atomic E-state index is -0.925. The lowest BCUT2D eigenvalue weighted by Crippen LogP contribution is -2.52. The maximum absolute atomic E-state index is 11.0.